The van der Waals surface area contributed by atoms with Gasteiger partial charge in [0, 0.05) is 4.47 Å². The number of aliphatic imine (C=N–C) groups is 1. The molecular weight excluding hydrogens is 292 g/mol. The highest BCUT2D eigenvalue weighted by Crippen LogP contribution is 2.30. The molecule has 3 rings (SSSR count). The summed E-state index contributed by atoms with van der Waals surface area (Å²) in [5.74, 6) is 0.899. The first kappa shape index (κ1) is 12.2. The van der Waals surface area contributed by atoms with Crippen LogP contribution in [-0.2, 0) is 4.74 Å². The fraction of sp³-hybridized carbons (Fsp3) is 0.500. The number of nitrogens with zero attached hydrogens (tertiary/aromatic N) is 1. The maximum absolute atomic E-state index is 5.78. The minimum absolute atomic E-state index is 0.138. The van der Waals surface area contributed by atoms with E-state index in [0.717, 1.165) is 23.3 Å². The number of halogens is 1. The van der Waals surface area contributed by atoms with Gasteiger partial charge in [-0.15, -0.1) is 0 Å². The fourth-order valence-electron chi connectivity index (χ4n) is 2.55. The predicted molar refractivity (Wildman–Crippen MR) is 75.9 cm³/mol. The summed E-state index contributed by atoms with van der Waals surface area (Å²) in [5.41, 5.74) is 1.21. The van der Waals surface area contributed by atoms with Crippen LogP contribution in [0.15, 0.2) is 33.7 Å². The molecule has 2 atom stereocenters. The number of benzene rings is 1. The van der Waals surface area contributed by atoms with Gasteiger partial charge in [-0.3, -0.25) is 0 Å². The Balaban J connectivity index is 1.77. The van der Waals surface area contributed by atoms with Gasteiger partial charge >= 0.3 is 0 Å². The van der Waals surface area contributed by atoms with E-state index in [0.29, 0.717) is 12.6 Å². The Labute approximate surface area is 116 Å². The van der Waals surface area contributed by atoms with Crippen LogP contribution in [0.4, 0.5) is 0 Å². The van der Waals surface area contributed by atoms with Crippen LogP contribution in [0.3, 0.4) is 0 Å². The molecule has 3 nitrogen and oxygen atoms in total. The molecule has 1 aromatic carbocycles. The lowest BCUT2D eigenvalue weighted by atomic mass is 10.1. The zero-order valence-corrected chi connectivity index (χ0v) is 11.8. The van der Waals surface area contributed by atoms with Crippen molar-refractivity contribution in [3.05, 3.63) is 34.3 Å². The molecule has 0 aliphatic carbocycles. The molecule has 2 aliphatic heterocycles. The molecule has 0 saturated carbocycles. The van der Waals surface area contributed by atoms with Gasteiger partial charge < -0.3 is 10.1 Å². The molecule has 0 aromatic heterocycles. The SMILES string of the molecule is Brc1ccccc1C1COC(C2CCCCN2)=N1. The summed E-state index contributed by atoms with van der Waals surface area (Å²) in [7, 11) is 0. The lowest BCUT2D eigenvalue weighted by Gasteiger charge is -2.22. The maximum atomic E-state index is 5.78. The van der Waals surface area contributed by atoms with Crippen molar-refractivity contribution in [3.63, 3.8) is 0 Å². The summed E-state index contributed by atoms with van der Waals surface area (Å²) in [6.07, 6.45) is 3.67. The normalized spacial score (nSPS) is 27.7. The first-order valence-electron chi connectivity index (χ1n) is 6.53. The zero-order valence-electron chi connectivity index (χ0n) is 10.2. The van der Waals surface area contributed by atoms with Crippen molar-refractivity contribution in [3.8, 4) is 0 Å². The van der Waals surface area contributed by atoms with Crippen LogP contribution in [0.5, 0.6) is 0 Å². The lowest BCUT2D eigenvalue weighted by Crippen LogP contribution is -2.40. The smallest absolute Gasteiger partial charge is 0.201 e. The third-order valence-electron chi connectivity index (χ3n) is 3.54. The van der Waals surface area contributed by atoms with Crippen LogP contribution < -0.4 is 5.32 Å². The van der Waals surface area contributed by atoms with Gasteiger partial charge in [0.25, 0.3) is 0 Å². The highest BCUT2D eigenvalue weighted by molar-refractivity contribution is 9.10. The molecular formula is C14H17BrN2O. The molecule has 4 heteroatoms. The molecule has 0 spiro atoms. The largest absolute Gasteiger partial charge is 0.477 e. The van der Waals surface area contributed by atoms with E-state index in [-0.39, 0.29) is 6.04 Å². The average Bonchev–Trinajstić information content (AvgIpc) is 2.90. The number of hydrogen-bond donors (Lipinski definition) is 1. The zero-order chi connectivity index (χ0) is 12.4. The molecule has 1 fully saturated rings. The molecule has 0 radical (unpaired) electrons. The second-order valence-corrected chi connectivity index (χ2v) is 5.67. The molecule has 2 unspecified atom stereocenters. The Hall–Kier alpha value is -0.870. The Bertz CT molecular complexity index is 455. The maximum Gasteiger partial charge on any atom is 0.201 e. The summed E-state index contributed by atoms with van der Waals surface area (Å²) in [5, 5.41) is 3.48. The molecule has 2 aliphatic rings. The summed E-state index contributed by atoms with van der Waals surface area (Å²) in [6.45, 7) is 1.74. The summed E-state index contributed by atoms with van der Waals surface area (Å²) < 4.78 is 6.89. The molecule has 96 valence electrons. The summed E-state index contributed by atoms with van der Waals surface area (Å²) >= 11 is 3.58. The molecule has 1 N–H and O–H groups in total. The Morgan fingerprint density at radius 3 is 2.94 bits per heavy atom. The van der Waals surface area contributed by atoms with Gasteiger partial charge in [-0.1, -0.05) is 40.5 Å². The Morgan fingerprint density at radius 1 is 1.28 bits per heavy atom. The van der Waals surface area contributed by atoms with Gasteiger partial charge in [0.1, 0.15) is 12.6 Å². The van der Waals surface area contributed by atoms with Crippen molar-refractivity contribution in [2.45, 2.75) is 31.3 Å². The minimum atomic E-state index is 0.138. The van der Waals surface area contributed by atoms with E-state index in [1.54, 1.807) is 0 Å². The van der Waals surface area contributed by atoms with Crippen molar-refractivity contribution in [2.75, 3.05) is 13.2 Å². The van der Waals surface area contributed by atoms with Gasteiger partial charge in [0.15, 0.2) is 0 Å². The topological polar surface area (TPSA) is 33.6 Å². The first-order valence-corrected chi connectivity index (χ1v) is 7.32. The van der Waals surface area contributed by atoms with Crippen LogP contribution >= 0.6 is 15.9 Å². The lowest BCUT2D eigenvalue weighted by molar-refractivity contribution is 0.292. The molecule has 18 heavy (non-hydrogen) atoms. The average molecular weight is 309 g/mol. The molecule has 0 bridgehead atoms. The highest BCUT2D eigenvalue weighted by atomic mass is 79.9. The molecule has 0 amide bonds. The van der Waals surface area contributed by atoms with Crippen molar-refractivity contribution < 1.29 is 4.74 Å². The van der Waals surface area contributed by atoms with Gasteiger partial charge in [0.2, 0.25) is 5.90 Å². The minimum Gasteiger partial charge on any atom is -0.477 e. The fourth-order valence-corrected chi connectivity index (χ4v) is 3.10. The van der Waals surface area contributed by atoms with Crippen molar-refractivity contribution in [1.29, 1.82) is 0 Å². The Kier molecular flexibility index (Phi) is 3.66. The number of ether oxygens (including phenoxy) is 1. The van der Waals surface area contributed by atoms with Crippen LogP contribution in [0.1, 0.15) is 30.9 Å². The number of nitrogens with one attached hydrogen (secondary N) is 1. The summed E-state index contributed by atoms with van der Waals surface area (Å²) in [6, 6.07) is 8.70. The molecule has 1 saturated heterocycles. The number of hydrogen-bond acceptors (Lipinski definition) is 3. The van der Waals surface area contributed by atoms with Crippen molar-refractivity contribution in [1.82, 2.24) is 5.32 Å². The highest BCUT2D eigenvalue weighted by Gasteiger charge is 2.28. The van der Waals surface area contributed by atoms with E-state index in [4.69, 9.17) is 9.73 Å². The predicted octanol–water partition coefficient (Wildman–Crippen LogP) is 3.06. The third kappa shape index (κ3) is 2.45. The quantitative estimate of drug-likeness (QED) is 0.911. The molecule has 1 aromatic rings. The van der Waals surface area contributed by atoms with Crippen LogP contribution in [0, 0.1) is 0 Å². The van der Waals surface area contributed by atoms with E-state index in [1.165, 1.54) is 18.4 Å². The second kappa shape index (κ2) is 5.41. The van der Waals surface area contributed by atoms with E-state index in [2.05, 4.69) is 33.4 Å². The van der Waals surface area contributed by atoms with Crippen LogP contribution in [0.25, 0.3) is 0 Å². The number of piperidine rings is 1. The van der Waals surface area contributed by atoms with E-state index >= 15 is 0 Å². The summed E-state index contributed by atoms with van der Waals surface area (Å²) in [4.78, 5) is 4.74. The van der Waals surface area contributed by atoms with Gasteiger partial charge in [-0.25, -0.2) is 4.99 Å². The van der Waals surface area contributed by atoms with Gasteiger partial charge in [-0.2, -0.15) is 0 Å². The second-order valence-electron chi connectivity index (χ2n) is 4.82. The van der Waals surface area contributed by atoms with Crippen LogP contribution in [0.2, 0.25) is 0 Å². The van der Waals surface area contributed by atoms with Gasteiger partial charge in [-0.05, 0) is 31.0 Å². The van der Waals surface area contributed by atoms with E-state index in [1.807, 2.05) is 12.1 Å². The van der Waals surface area contributed by atoms with E-state index < -0.39 is 0 Å². The van der Waals surface area contributed by atoms with E-state index in [9.17, 15) is 0 Å². The van der Waals surface area contributed by atoms with Crippen LogP contribution in [-0.4, -0.2) is 25.1 Å². The third-order valence-corrected chi connectivity index (χ3v) is 4.27. The van der Waals surface area contributed by atoms with Crippen molar-refractivity contribution in [2.24, 2.45) is 4.99 Å². The Morgan fingerprint density at radius 2 is 2.17 bits per heavy atom. The monoisotopic (exact) mass is 308 g/mol. The molecule has 2 heterocycles. The standard InChI is InChI=1S/C14H17BrN2O/c15-11-6-2-1-5-10(11)13-9-18-14(17-13)12-7-3-4-8-16-12/h1-2,5-6,12-13,16H,3-4,7-9H2. The number of rotatable bonds is 2. The first-order chi connectivity index (χ1) is 8.84. The van der Waals surface area contributed by atoms with Gasteiger partial charge in [0.05, 0.1) is 6.04 Å². The van der Waals surface area contributed by atoms with Crippen molar-refractivity contribution >= 4 is 21.8 Å².